The molecule has 1 unspecified atom stereocenters. The van der Waals surface area contributed by atoms with Crippen molar-refractivity contribution in [2.45, 2.75) is 20.0 Å². The van der Waals surface area contributed by atoms with E-state index in [0.29, 0.717) is 17.7 Å². The van der Waals surface area contributed by atoms with Crippen molar-refractivity contribution in [3.63, 3.8) is 0 Å². The standard InChI is InChI=1S/C21H22FNO4S/c1-15(24)28-14-18(11-16-5-3-2-4-6-16)21(26)23-12-20(25)27-13-17-7-9-19(22)10-8-17/h2-10,18H,11-14H2,1H3,(H,23,26). The number of carbonyl (C=O) groups excluding carboxylic acids is 3. The zero-order valence-corrected chi connectivity index (χ0v) is 16.3. The molecule has 0 aromatic heterocycles. The lowest BCUT2D eigenvalue weighted by Gasteiger charge is -2.16. The Hall–Kier alpha value is -2.67. The van der Waals surface area contributed by atoms with E-state index in [9.17, 15) is 18.8 Å². The molecule has 1 atom stereocenters. The van der Waals surface area contributed by atoms with Gasteiger partial charge in [0.25, 0.3) is 0 Å². The Morgan fingerprint density at radius 2 is 1.71 bits per heavy atom. The minimum Gasteiger partial charge on any atom is -0.460 e. The first-order valence-corrected chi connectivity index (χ1v) is 9.77. The molecule has 0 fully saturated rings. The van der Waals surface area contributed by atoms with Gasteiger partial charge in [-0.2, -0.15) is 0 Å². The van der Waals surface area contributed by atoms with E-state index >= 15 is 0 Å². The normalized spacial score (nSPS) is 11.5. The molecular weight excluding hydrogens is 381 g/mol. The number of nitrogens with one attached hydrogen (secondary N) is 1. The van der Waals surface area contributed by atoms with E-state index in [4.69, 9.17) is 4.74 Å². The number of thioether (sulfide) groups is 1. The Morgan fingerprint density at radius 3 is 2.36 bits per heavy atom. The molecule has 7 heteroatoms. The third-order valence-electron chi connectivity index (χ3n) is 3.90. The van der Waals surface area contributed by atoms with E-state index in [-0.39, 0.29) is 30.0 Å². The van der Waals surface area contributed by atoms with Crippen molar-refractivity contribution in [1.82, 2.24) is 5.32 Å². The van der Waals surface area contributed by atoms with Crippen LogP contribution in [0.2, 0.25) is 0 Å². The van der Waals surface area contributed by atoms with Crippen LogP contribution < -0.4 is 5.32 Å². The van der Waals surface area contributed by atoms with Gasteiger partial charge in [0.2, 0.25) is 5.91 Å². The minimum atomic E-state index is -0.588. The van der Waals surface area contributed by atoms with Crippen LogP contribution in [0, 0.1) is 11.7 Å². The van der Waals surface area contributed by atoms with Crippen molar-refractivity contribution < 1.29 is 23.5 Å². The van der Waals surface area contributed by atoms with E-state index in [2.05, 4.69) is 5.32 Å². The molecule has 5 nitrogen and oxygen atoms in total. The van der Waals surface area contributed by atoms with Crippen molar-refractivity contribution in [1.29, 1.82) is 0 Å². The maximum atomic E-state index is 12.9. The molecule has 1 N–H and O–H groups in total. The number of hydrogen-bond donors (Lipinski definition) is 1. The number of halogens is 1. The van der Waals surface area contributed by atoms with Crippen LogP contribution in [-0.2, 0) is 32.1 Å². The predicted octanol–water partition coefficient (Wildman–Crippen LogP) is 3.12. The smallest absolute Gasteiger partial charge is 0.325 e. The van der Waals surface area contributed by atoms with Gasteiger partial charge in [-0.3, -0.25) is 14.4 Å². The van der Waals surface area contributed by atoms with Crippen molar-refractivity contribution in [2.75, 3.05) is 12.3 Å². The summed E-state index contributed by atoms with van der Waals surface area (Å²) in [6, 6.07) is 15.1. The number of carbonyl (C=O) groups is 3. The summed E-state index contributed by atoms with van der Waals surface area (Å²) in [5.74, 6) is -1.37. The van der Waals surface area contributed by atoms with Gasteiger partial charge in [0.1, 0.15) is 19.0 Å². The molecule has 0 aliphatic heterocycles. The highest BCUT2D eigenvalue weighted by atomic mass is 32.2. The summed E-state index contributed by atoms with van der Waals surface area (Å²) in [6.07, 6.45) is 0.470. The van der Waals surface area contributed by atoms with Gasteiger partial charge in [-0.25, -0.2) is 4.39 Å². The number of hydrogen-bond acceptors (Lipinski definition) is 5. The largest absolute Gasteiger partial charge is 0.460 e. The van der Waals surface area contributed by atoms with E-state index in [1.54, 1.807) is 0 Å². The highest BCUT2D eigenvalue weighted by Gasteiger charge is 2.21. The van der Waals surface area contributed by atoms with Crippen LogP contribution in [0.4, 0.5) is 4.39 Å². The molecule has 0 heterocycles. The van der Waals surface area contributed by atoms with E-state index < -0.39 is 11.9 Å². The van der Waals surface area contributed by atoms with Crippen LogP contribution in [0.25, 0.3) is 0 Å². The fourth-order valence-electron chi connectivity index (χ4n) is 2.44. The quantitative estimate of drug-likeness (QED) is 0.652. The molecule has 2 rings (SSSR count). The average molecular weight is 403 g/mol. The molecule has 2 aromatic rings. The van der Waals surface area contributed by atoms with Crippen LogP contribution in [0.15, 0.2) is 54.6 Å². The summed E-state index contributed by atoms with van der Waals surface area (Å²) < 4.78 is 17.9. The number of rotatable bonds is 9. The van der Waals surface area contributed by atoms with Crippen molar-refractivity contribution in [2.24, 2.45) is 5.92 Å². The lowest BCUT2D eigenvalue weighted by molar-refractivity contribution is -0.145. The molecule has 0 aliphatic carbocycles. The Labute approximate surface area is 167 Å². The molecule has 0 saturated carbocycles. The first-order valence-electron chi connectivity index (χ1n) is 8.79. The summed E-state index contributed by atoms with van der Waals surface area (Å²) in [7, 11) is 0. The average Bonchev–Trinajstić information content (AvgIpc) is 2.69. The monoisotopic (exact) mass is 403 g/mol. The molecule has 0 spiro atoms. The van der Waals surface area contributed by atoms with E-state index in [0.717, 1.165) is 17.3 Å². The molecule has 0 aliphatic rings. The zero-order chi connectivity index (χ0) is 20.4. The third kappa shape index (κ3) is 7.92. The second-order valence-corrected chi connectivity index (χ2v) is 7.39. The molecule has 148 valence electrons. The maximum Gasteiger partial charge on any atom is 0.325 e. The van der Waals surface area contributed by atoms with Crippen LogP contribution in [-0.4, -0.2) is 29.3 Å². The topological polar surface area (TPSA) is 72.5 Å². The highest BCUT2D eigenvalue weighted by Crippen LogP contribution is 2.16. The van der Waals surface area contributed by atoms with Gasteiger partial charge >= 0.3 is 5.97 Å². The van der Waals surface area contributed by atoms with Crippen molar-refractivity contribution in [3.8, 4) is 0 Å². The lowest BCUT2D eigenvalue weighted by Crippen LogP contribution is -2.37. The van der Waals surface area contributed by atoms with Crippen LogP contribution in [0.5, 0.6) is 0 Å². The SMILES string of the molecule is CC(=O)SCC(Cc1ccccc1)C(=O)NCC(=O)OCc1ccc(F)cc1. The van der Waals surface area contributed by atoms with Crippen LogP contribution in [0.1, 0.15) is 18.1 Å². The Bertz CT molecular complexity index is 796. The molecule has 0 radical (unpaired) electrons. The Balaban J connectivity index is 1.84. The molecule has 2 aromatic carbocycles. The molecule has 1 amide bonds. The van der Waals surface area contributed by atoms with Gasteiger partial charge in [0, 0.05) is 12.7 Å². The first-order chi connectivity index (χ1) is 13.4. The van der Waals surface area contributed by atoms with E-state index in [1.165, 1.54) is 31.2 Å². The van der Waals surface area contributed by atoms with Crippen molar-refractivity contribution >= 4 is 28.8 Å². The highest BCUT2D eigenvalue weighted by molar-refractivity contribution is 8.13. The summed E-state index contributed by atoms with van der Waals surface area (Å²) in [5, 5.41) is 2.51. The number of benzene rings is 2. The number of esters is 1. The third-order valence-corrected chi connectivity index (χ3v) is 4.88. The number of ether oxygens (including phenoxy) is 1. The molecule has 0 saturated heterocycles. The maximum absolute atomic E-state index is 12.9. The van der Waals surface area contributed by atoms with Gasteiger partial charge in [-0.15, -0.1) is 0 Å². The van der Waals surface area contributed by atoms with Gasteiger partial charge < -0.3 is 10.1 Å². The van der Waals surface area contributed by atoms with Gasteiger partial charge in [-0.1, -0.05) is 54.2 Å². The first kappa shape index (κ1) is 21.6. The van der Waals surface area contributed by atoms with Gasteiger partial charge in [0.05, 0.1) is 5.92 Å². The molecule has 0 bridgehead atoms. The fraction of sp³-hybridized carbons (Fsp3) is 0.286. The fourth-order valence-corrected chi connectivity index (χ4v) is 3.15. The molecular formula is C21H22FNO4S. The summed E-state index contributed by atoms with van der Waals surface area (Å²) >= 11 is 1.08. The Morgan fingerprint density at radius 1 is 1.04 bits per heavy atom. The Kier molecular flexibility index (Phi) is 8.68. The zero-order valence-electron chi connectivity index (χ0n) is 15.5. The molecule has 28 heavy (non-hydrogen) atoms. The van der Waals surface area contributed by atoms with Crippen molar-refractivity contribution in [3.05, 3.63) is 71.5 Å². The number of amides is 1. The summed E-state index contributed by atoms with van der Waals surface area (Å²) in [5.41, 5.74) is 1.63. The van der Waals surface area contributed by atoms with Gasteiger partial charge in [-0.05, 0) is 29.7 Å². The van der Waals surface area contributed by atoms with E-state index in [1.807, 2.05) is 30.3 Å². The van der Waals surface area contributed by atoms with Crippen LogP contribution >= 0.6 is 11.8 Å². The summed E-state index contributed by atoms with van der Waals surface area (Å²) in [6.45, 7) is 1.19. The lowest BCUT2D eigenvalue weighted by atomic mass is 10.0. The minimum absolute atomic E-state index is 0.00260. The van der Waals surface area contributed by atoms with Crippen LogP contribution in [0.3, 0.4) is 0 Å². The predicted molar refractivity (Wildman–Crippen MR) is 106 cm³/mol. The second kappa shape index (κ2) is 11.2. The summed E-state index contributed by atoms with van der Waals surface area (Å²) in [4.78, 5) is 35.6. The van der Waals surface area contributed by atoms with Gasteiger partial charge in [0.15, 0.2) is 5.12 Å². The second-order valence-electron chi connectivity index (χ2n) is 6.19.